The number of hydrogen-bond acceptors (Lipinski definition) is 3. The lowest BCUT2D eigenvalue weighted by atomic mass is 10.1. The molecule has 2 aromatic rings. The summed E-state index contributed by atoms with van der Waals surface area (Å²) in [5, 5.41) is 9.49. The minimum atomic E-state index is 0.412. The van der Waals surface area contributed by atoms with E-state index in [4.69, 9.17) is 0 Å². The van der Waals surface area contributed by atoms with Gasteiger partial charge in [0.05, 0.1) is 0 Å². The molecular weight excluding hydrogens is 242 g/mol. The highest BCUT2D eigenvalue weighted by Crippen LogP contribution is 2.24. The molecule has 96 valence electrons. The molecular formula is C14H19N3S. The van der Waals surface area contributed by atoms with Gasteiger partial charge in [-0.15, -0.1) is 10.2 Å². The fourth-order valence-electron chi connectivity index (χ4n) is 1.87. The SMILES string of the molecule is Cc1ccccc1CSc1nnc(C(C)C)n1C. The van der Waals surface area contributed by atoms with Crippen molar-refractivity contribution in [2.24, 2.45) is 7.05 Å². The van der Waals surface area contributed by atoms with E-state index in [0.29, 0.717) is 5.92 Å². The summed E-state index contributed by atoms with van der Waals surface area (Å²) in [6.07, 6.45) is 0. The van der Waals surface area contributed by atoms with Crippen LogP contribution in [-0.2, 0) is 12.8 Å². The molecule has 0 N–H and O–H groups in total. The highest BCUT2D eigenvalue weighted by atomic mass is 32.2. The molecule has 1 heterocycles. The van der Waals surface area contributed by atoms with Crippen LogP contribution in [0, 0.1) is 6.92 Å². The number of hydrogen-bond donors (Lipinski definition) is 0. The zero-order valence-corrected chi connectivity index (χ0v) is 12.2. The molecule has 0 aliphatic heterocycles. The van der Waals surface area contributed by atoms with Crippen molar-refractivity contribution in [1.29, 1.82) is 0 Å². The zero-order chi connectivity index (χ0) is 13.1. The molecule has 0 spiro atoms. The van der Waals surface area contributed by atoms with Gasteiger partial charge in [0.15, 0.2) is 5.16 Å². The fourth-order valence-corrected chi connectivity index (χ4v) is 2.86. The Morgan fingerprint density at radius 1 is 1.22 bits per heavy atom. The quantitative estimate of drug-likeness (QED) is 0.789. The standard InChI is InChI=1S/C14H19N3S/c1-10(2)13-15-16-14(17(13)4)18-9-12-8-6-5-7-11(12)3/h5-8,10H,9H2,1-4H3. The van der Waals surface area contributed by atoms with Crippen molar-refractivity contribution in [3.8, 4) is 0 Å². The van der Waals surface area contributed by atoms with Crippen LogP contribution >= 0.6 is 11.8 Å². The van der Waals surface area contributed by atoms with Crippen molar-refractivity contribution in [3.63, 3.8) is 0 Å². The number of benzene rings is 1. The molecule has 4 heteroatoms. The molecule has 3 nitrogen and oxygen atoms in total. The van der Waals surface area contributed by atoms with Gasteiger partial charge in [0.1, 0.15) is 5.82 Å². The molecule has 1 aromatic heterocycles. The van der Waals surface area contributed by atoms with E-state index in [1.54, 1.807) is 11.8 Å². The molecule has 0 unspecified atom stereocenters. The van der Waals surface area contributed by atoms with Gasteiger partial charge in [-0.2, -0.15) is 0 Å². The van der Waals surface area contributed by atoms with Gasteiger partial charge >= 0.3 is 0 Å². The average Bonchev–Trinajstić information content (AvgIpc) is 2.70. The molecule has 0 fully saturated rings. The van der Waals surface area contributed by atoms with Crippen LogP contribution < -0.4 is 0 Å². The third-order valence-electron chi connectivity index (χ3n) is 3.00. The maximum Gasteiger partial charge on any atom is 0.191 e. The Morgan fingerprint density at radius 2 is 1.94 bits per heavy atom. The molecule has 0 atom stereocenters. The molecule has 0 saturated carbocycles. The highest BCUT2D eigenvalue weighted by Gasteiger charge is 2.12. The predicted octanol–water partition coefficient (Wildman–Crippen LogP) is 3.54. The van der Waals surface area contributed by atoms with E-state index in [-0.39, 0.29) is 0 Å². The van der Waals surface area contributed by atoms with Crippen LogP contribution in [-0.4, -0.2) is 14.8 Å². The summed E-state index contributed by atoms with van der Waals surface area (Å²) >= 11 is 1.74. The van der Waals surface area contributed by atoms with Gasteiger partial charge in [0.25, 0.3) is 0 Å². The van der Waals surface area contributed by atoms with Gasteiger partial charge in [-0.1, -0.05) is 49.9 Å². The van der Waals surface area contributed by atoms with Gasteiger partial charge < -0.3 is 4.57 Å². The Labute approximate surface area is 113 Å². The first-order chi connectivity index (χ1) is 8.59. The number of nitrogens with zero attached hydrogens (tertiary/aromatic N) is 3. The lowest BCUT2D eigenvalue weighted by Gasteiger charge is -2.07. The molecule has 0 amide bonds. The lowest BCUT2D eigenvalue weighted by Crippen LogP contribution is -2.01. The summed E-state index contributed by atoms with van der Waals surface area (Å²) < 4.78 is 2.09. The Morgan fingerprint density at radius 3 is 2.56 bits per heavy atom. The highest BCUT2D eigenvalue weighted by molar-refractivity contribution is 7.98. The van der Waals surface area contributed by atoms with Crippen molar-refractivity contribution in [2.45, 2.75) is 37.6 Å². The molecule has 2 rings (SSSR count). The normalized spacial score (nSPS) is 11.2. The molecule has 0 aliphatic rings. The molecule has 0 aliphatic carbocycles. The Hall–Kier alpha value is -1.29. The molecule has 0 radical (unpaired) electrons. The van der Waals surface area contributed by atoms with E-state index < -0.39 is 0 Å². The van der Waals surface area contributed by atoms with Gasteiger partial charge in [-0.05, 0) is 18.1 Å². The van der Waals surface area contributed by atoms with Crippen LogP contribution in [0.3, 0.4) is 0 Å². The van der Waals surface area contributed by atoms with E-state index in [1.807, 2.05) is 7.05 Å². The monoisotopic (exact) mass is 261 g/mol. The molecule has 1 aromatic carbocycles. The lowest BCUT2D eigenvalue weighted by molar-refractivity contribution is 0.680. The van der Waals surface area contributed by atoms with Crippen molar-refractivity contribution < 1.29 is 0 Å². The van der Waals surface area contributed by atoms with E-state index in [2.05, 4.69) is 59.8 Å². The largest absolute Gasteiger partial charge is 0.309 e. The molecule has 0 saturated heterocycles. The van der Waals surface area contributed by atoms with Crippen LogP contribution in [0.25, 0.3) is 0 Å². The first kappa shape index (κ1) is 13.1. The Balaban J connectivity index is 2.09. The van der Waals surface area contributed by atoms with Crippen LogP contribution in [0.4, 0.5) is 0 Å². The van der Waals surface area contributed by atoms with Crippen LogP contribution in [0.2, 0.25) is 0 Å². The van der Waals surface area contributed by atoms with Crippen molar-refractivity contribution in [3.05, 3.63) is 41.2 Å². The minimum absolute atomic E-state index is 0.412. The van der Waals surface area contributed by atoms with Crippen LogP contribution in [0.1, 0.15) is 36.7 Å². The summed E-state index contributed by atoms with van der Waals surface area (Å²) in [5.74, 6) is 2.40. The Bertz CT molecular complexity index is 532. The first-order valence-corrected chi connectivity index (χ1v) is 7.14. The average molecular weight is 261 g/mol. The van der Waals surface area contributed by atoms with E-state index >= 15 is 0 Å². The number of thioether (sulfide) groups is 1. The fraction of sp³-hybridized carbons (Fsp3) is 0.429. The maximum absolute atomic E-state index is 4.26. The number of rotatable bonds is 4. The summed E-state index contributed by atoms with van der Waals surface area (Å²) in [7, 11) is 2.04. The van der Waals surface area contributed by atoms with Gasteiger partial charge in [0.2, 0.25) is 0 Å². The number of aromatic nitrogens is 3. The molecule has 0 bridgehead atoms. The van der Waals surface area contributed by atoms with Crippen molar-refractivity contribution in [1.82, 2.24) is 14.8 Å². The summed E-state index contributed by atoms with van der Waals surface area (Å²) in [5.41, 5.74) is 2.69. The second-order valence-electron chi connectivity index (χ2n) is 4.77. The van der Waals surface area contributed by atoms with Gasteiger partial charge in [-0.3, -0.25) is 0 Å². The van der Waals surface area contributed by atoms with Gasteiger partial charge in [-0.25, -0.2) is 0 Å². The van der Waals surface area contributed by atoms with Crippen LogP contribution in [0.15, 0.2) is 29.4 Å². The molecule has 18 heavy (non-hydrogen) atoms. The summed E-state index contributed by atoms with van der Waals surface area (Å²) in [6, 6.07) is 8.47. The van der Waals surface area contributed by atoms with Crippen molar-refractivity contribution in [2.75, 3.05) is 0 Å². The predicted molar refractivity (Wildman–Crippen MR) is 75.8 cm³/mol. The van der Waals surface area contributed by atoms with E-state index in [0.717, 1.165) is 16.7 Å². The van der Waals surface area contributed by atoms with E-state index in [9.17, 15) is 0 Å². The number of aryl methyl sites for hydroxylation is 1. The van der Waals surface area contributed by atoms with Crippen molar-refractivity contribution >= 4 is 11.8 Å². The first-order valence-electron chi connectivity index (χ1n) is 6.16. The maximum atomic E-state index is 4.26. The second-order valence-corrected chi connectivity index (χ2v) is 5.71. The smallest absolute Gasteiger partial charge is 0.191 e. The minimum Gasteiger partial charge on any atom is -0.309 e. The summed E-state index contributed by atoms with van der Waals surface area (Å²) in [6.45, 7) is 6.42. The second kappa shape index (κ2) is 5.57. The van der Waals surface area contributed by atoms with E-state index in [1.165, 1.54) is 11.1 Å². The van der Waals surface area contributed by atoms with Gasteiger partial charge in [0, 0.05) is 18.7 Å². The van der Waals surface area contributed by atoms with Crippen LogP contribution in [0.5, 0.6) is 0 Å². The summed E-state index contributed by atoms with van der Waals surface area (Å²) in [4.78, 5) is 0. The Kier molecular flexibility index (Phi) is 4.07. The zero-order valence-electron chi connectivity index (χ0n) is 11.3. The third-order valence-corrected chi connectivity index (χ3v) is 4.07. The third kappa shape index (κ3) is 2.75. The topological polar surface area (TPSA) is 30.7 Å².